The minimum Gasteiger partial charge on any atom is -0.300 e. The van der Waals surface area contributed by atoms with Crippen molar-refractivity contribution in [1.29, 1.82) is 0 Å². The SMILES string of the molecule is O=C1C[C@@H](CF)[C@H](CF)C1. The zero-order valence-corrected chi connectivity index (χ0v) is 5.65. The lowest BCUT2D eigenvalue weighted by atomic mass is 9.99. The number of carbonyl (C=O) groups excluding carboxylic acids is 1. The van der Waals surface area contributed by atoms with Gasteiger partial charge in [0.2, 0.25) is 0 Å². The van der Waals surface area contributed by atoms with Crippen molar-refractivity contribution in [3.05, 3.63) is 0 Å². The summed E-state index contributed by atoms with van der Waals surface area (Å²) in [6.07, 6.45) is 0.482. The fraction of sp³-hybridized carbons (Fsp3) is 0.857. The van der Waals surface area contributed by atoms with Crippen LogP contribution in [0.3, 0.4) is 0 Å². The molecule has 0 saturated heterocycles. The van der Waals surface area contributed by atoms with Gasteiger partial charge in [0.15, 0.2) is 0 Å². The first kappa shape index (κ1) is 7.63. The number of rotatable bonds is 2. The topological polar surface area (TPSA) is 17.1 Å². The summed E-state index contributed by atoms with van der Waals surface area (Å²) < 4.78 is 24.0. The zero-order valence-electron chi connectivity index (χ0n) is 5.65. The third-order valence-electron chi connectivity index (χ3n) is 2.04. The van der Waals surface area contributed by atoms with E-state index in [2.05, 4.69) is 0 Å². The molecule has 0 amide bonds. The Kier molecular flexibility index (Phi) is 2.35. The van der Waals surface area contributed by atoms with E-state index in [0.717, 1.165) is 0 Å². The molecule has 0 spiro atoms. The fourth-order valence-corrected chi connectivity index (χ4v) is 1.36. The molecular formula is C7H10F2O. The molecule has 0 aromatic carbocycles. The molecule has 2 atom stereocenters. The Morgan fingerprint density at radius 1 is 1.20 bits per heavy atom. The molecule has 0 aromatic rings. The van der Waals surface area contributed by atoms with Crippen molar-refractivity contribution in [3.63, 3.8) is 0 Å². The average molecular weight is 148 g/mol. The van der Waals surface area contributed by atoms with Crippen LogP contribution in [0.4, 0.5) is 8.78 Å². The summed E-state index contributed by atoms with van der Waals surface area (Å²) in [5, 5.41) is 0. The summed E-state index contributed by atoms with van der Waals surface area (Å²) in [6, 6.07) is 0. The number of carbonyl (C=O) groups is 1. The van der Waals surface area contributed by atoms with Crippen molar-refractivity contribution < 1.29 is 13.6 Å². The molecule has 1 aliphatic rings. The second-order valence-corrected chi connectivity index (χ2v) is 2.78. The maximum atomic E-state index is 12.0. The third kappa shape index (κ3) is 1.33. The molecule has 0 heterocycles. The molecular weight excluding hydrogens is 138 g/mol. The summed E-state index contributed by atoms with van der Waals surface area (Å²) in [5.74, 6) is -0.666. The van der Waals surface area contributed by atoms with E-state index < -0.39 is 13.3 Å². The maximum absolute atomic E-state index is 12.0. The number of alkyl halides is 2. The molecule has 58 valence electrons. The summed E-state index contributed by atoms with van der Waals surface area (Å²) >= 11 is 0. The van der Waals surface area contributed by atoms with E-state index >= 15 is 0 Å². The van der Waals surface area contributed by atoms with Crippen LogP contribution in [-0.4, -0.2) is 19.1 Å². The molecule has 3 heteroatoms. The van der Waals surface area contributed by atoms with Crippen LogP contribution in [0.15, 0.2) is 0 Å². The minimum atomic E-state index is -0.555. The lowest BCUT2D eigenvalue weighted by Crippen LogP contribution is -2.11. The van der Waals surface area contributed by atoms with Gasteiger partial charge >= 0.3 is 0 Å². The van der Waals surface area contributed by atoms with Gasteiger partial charge in [-0.1, -0.05) is 0 Å². The van der Waals surface area contributed by atoms with E-state index in [1.807, 2.05) is 0 Å². The van der Waals surface area contributed by atoms with Gasteiger partial charge in [-0.25, -0.2) is 0 Å². The number of ketones is 1. The molecule has 0 aliphatic heterocycles. The number of halogens is 2. The highest BCUT2D eigenvalue weighted by molar-refractivity contribution is 5.81. The van der Waals surface area contributed by atoms with Crippen molar-refractivity contribution in [2.45, 2.75) is 12.8 Å². The van der Waals surface area contributed by atoms with E-state index in [1.54, 1.807) is 0 Å². The molecule has 1 saturated carbocycles. The van der Waals surface area contributed by atoms with Gasteiger partial charge in [-0.05, 0) is 11.8 Å². The Morgan fingerprint density at radius 2 is 1.60 bits per heavy atom. The van der Waals surface area contributed by atoms with Crippen molar-refractivity contribution in [2.75, 3.05) is 13.3 Å². The second kappa shape index (κ2) is 3.08. The molecule has 10 heavy (non-hydrogen) atoms. The molecule has 1 nitrogen and oxygen atoms in total. The normalized spacial score (nSPS) is 33.2. The Labute approximate surface area is 58.4 Å². The molecule has 0 aromatic heterocycles. The summed E-state index contributed by atoms with van der Waals surface area (Å²) in [4.78, 5) is 10.6. The monoisotopic (exact) mass is 148 g/mol. The zero-order chi connectivity index (χ0) is 7.56. The number of hydrogen-bond donors (Lipinski definition) is 0. The van der Waals surface area contributed by atoms with Crippen molar-refractivity contribution in [2.24, 2.45) is 11.8 Å². The maximum Gasteiger partial charge on any atom is 0.133 e. The molecule has 0 radical (unpaired) electrons. The van der Waals surface area contributed by atoms with Gasteiger partial charge < -0.3 is 0 Å². The highest BCUT2D eigenvalue weighted by atomic mass is 19.1. The molecule has 0 bridgehead atoms. The molecule has 1 fully saturated rings. The van der Waals surface area contributed by atoms with Crippen molar-refractivity contribution in [1.82, 2.24) is 0 Å². The van der Waals surface area contributed by atoms with E-state index in [1.165, 1.54) is 0 Å². The summed E-state index contributed by atoms with van der Waals surface area (Å²) in [5.41, 5.74) is 0. The molecule has 0 unspecified atom stereocenters. The highest BCUT2D eigenvalue weighted by Gasteiger charge is 2.32. The van der Waals surface area contributed by atoms with Crippen molar-refractivity contribution in [3.8, 4) is 0 Å². The van der Waals surface area contributed by atoms with Gasteiger partial charge in [0.1, 0.15) is 5.78 Å². The molecule has 1 rings (SSSR count). The highest BCUT2D eigenvalue weighted by Crippen LogP contribution is 2.29. The van der Waals surface area contributed by atoms with E-state index in [9.17, 15) is 13.6 Å². The third-order valence-corrected chi connectivity index (χ3v) is 2.04. The molecule has 1 aliphatic carbocycles. The largest absolute Gasteiger partial charge is 0.300 e. The van der Waals surface area contributed by atoms with Gasteiger partial charge in [0.05, 0.1) is 13.3 Å². The van der Waals surface area contributed by atoms with Gasteiger partial charge in [0, 0.05) is 12.8 Å². The van der Waals surface area contributed by atoms with Crippen LogP contribution in [0.2, 0.25) is 0 Å². The standard InChI is InChI=1S/C7H10F2O/c8-3-5-1-7(10)2-6(5)4-9/h5-6H,1-4H2/t5-,6-/m0/s1. The van der Waals surface area contributed by atoms with Gasteiger partial charge in [0.25, 0.3) is 0 Å². The van der Waals surface area contributed by atoms with Gasteiger partial charge in [-0.15, -0.1) is 0 Å². The smallest absolute Gasteiger partial charge is 0.133 e. The van der Waals surface area contributed by atoms with Gasteiger partial charge in [-0.3, -0.25) is 13.6 Å². The predicted octanol–water partition coefficient (Wildman–Crippen LogP) is 1.52. The van der Waals surface area contributed by atoms with E-state index in [0.29, 0.717) is 0 Å². The van der Waals surface area contributed by atoms with Crippen LogP contribution in [0.1, 0.15) is 12.8 Å². The first-order valence-corrected chi connectivity index (χ1v) is 3.41. The van der Waals surface area contributed by atoms with Gasteiger partial charge in [-0.2, -0.15) is 0 Å². The van der Waals surface area contributed by atoms with Crippen LogP contribution >= 0.6 is 0 Å². The average Bonchev–Trinajstić information content (AvgIpc) is 2.30. The first-order valence-electron chi connectivity index (χ1n) is 3.41. The Morgan fingerprint density at radius 3 is 1.90 bits per heavy atom. The lowest BCUT2D eigenvalue weighted by Gasteiger charge is -2.09. The molecule has 0 N–H and O–H groups in total. The quantitative estimate of drug-likeness (QED) is 0.580. The fourth-order valence-electron chi connectivity index (χ4n) is 1.36. The number of Topliss-reactive ketones (excluding diaryl/α,β-unsaturated/α-hetero) is 1. The number of hydrogen-bond acceptors (Lipinski definition) is 1. The predicted molar refractivity (Wildman–Crippen MR) is 33.2 cm³/mol. The van der Waals surface area contributed by atoms with Crippen LogP contribution in [0, 0.1) is 11.8 Å². The van der Waals surface area contributed by atoms with Crippen molar-refractivity contribution >= 4 is 5.78 Å². The van der Waals surface area contributed by atoms with E-state index in [4.69, 9.17) is 0 Å². The van der Waals surface area contributed by atoms with Crippen LogP contribution < -0.4 is 0 Å². The Hall–Kier alpha value is -0.470. The van der Waals surface area contributed by atoms with Crippen LogP contribution in [0.5, 0.6) is 0 Å². The Balaban J connectivity index is 2.48. The Bertz CT molecular complexity index is 122. The summed E-state index contributed by atoms with van der Waals surface area (Å²) in [7, 11) is 0. The minimum absolute atomic E-state index is 0.00491. The summed E-state index contributed by atoms with van der Waals surface area (Å²) in [6.45, 7) is -1.11. The van der Waals surface area contributed by atoms with Crippen LogP contribution in [-0.2, 0) is 4.79 Å². The first-order chi connectivity index (χ1) is 4.77. The van der Waals surface area contributed by atoms with Crippen LogP contribution in [0.25, 0.3) is 0 Å². The van der Waals surface area contributed by atoms with E-state index in [-0.39, 0.29) is 30.5 Å². The second-order valence-electron chi connectivity index (χ2n) is 2.78. The lowest BCUT2D eigenvalue weighted by molar-refractivity contribution is -0.117.